The Labute approximate surface area is 139 Å². The molecule has 2 heterocycles. The number of aryl methyl sites for hydroxylation is 2. The first-order valence-electron chi connectivity index (χ1n) is 7.74. The monoisotopic (exact) mass is 334 g/mol. The van der Waals surface area contributed by atoms with Crippen molar-refractivity contribution in [2.45, 2.75) is 38.6 Å². The maximum absolute atomic E-state index is 12.5. The Kier molecular flexibility index (Phi) is 4.81. The van der Waals surface area contributed by atoms with E-state index in [4.69, 9.17) is 16.1 Å². The summed E-state index contributed by atoms with van der Waals surface area (Å²) in [5.74, 6) is 1.27. The third-order valence-electron chi connectivity index (χ3n) is 3.98. The van der Waals surface area contributed by atoms with Gasteiger partial charge in [0.25, 0.3) is 0 Å². The van der Waals surface area contributed by atoms with Crippen molar-refractivity contribution in [3.63, 3.8) is 0 Å². The van der Waals surface area contributed by atoms with Crippen LogP contribution in [0.2, 0.25) is 5.02 Å². The zero-order valence-corrected chi connectivity index (χ0v) is 13.7. The maximum atomic E-state index is 12.5. The number of nitrogens with one attached hydrogen (secondary N) is 1. The molecule has 1 saturated heterocycles. The van der Waals surface area contributed by atoms with Crippen LogP contribution in [0.1, 0.15) is 31.0 Å². The van der Waals surface area contributed by atoms with Gasteiger partial charge in [-0.1, -0.05) is 22.8 Å². The zero-order chi connectivity index (χ0) is 16.2. The van der Waals surface area contributed by atoms with Crippen LogP contribution < -0.4 is 5.32 Å². The predicted octanol–water partition coefficient (Wildman–Crippen LogP) is 3.66. The van der Waals surface area contributed by atoms with Gasteiger partial charge in [0.2, 0.25) is 5.89 Å². The van der Waals surface area contributed by atoms with Crippen molar-refractivity contribution >= 4 is 23.3 Å². The van der Waals surface area contributed by atoms with Crippen molar-refractivity contribution in [1.82, 2.24) is 15.0 Å². The molecule has 1 N–H and O–H groups in total. The summed E-state index contributed by atoms with van der Waals surface area (Å²) in [7, 11) is 0. The molecule has 1 unspecified atom stereocenters. The summed E-state index contributed by atoms with van der Waals surface area (Å²) in [6.07, 6.45) is 3.56. The molecule has 0 spiro atoms. The second-order valence-electron chi connectivity index (χ2n) is 5.70. The van der Waals surface area contributed by atoms with Gasteiger partial charge in [-0.25, -0.2) is 4.79 Å². The van der Waals surface area contributed by atoms with Crippen LogP contribution in [0.5, 0.6) is 0 Å². The lowest BCUT2D eigenvalue weighted by molar-refractivity contribution is 0.203. The molecule has 7 heteroatoms. The number of rotatable bonds is 4. The summed E-state index contributed by atoms with van der Waals surface area (Å²) in [6.45, 7) is 2.54. The van der Waals surface area contributed by atoms with Crippen LogP contribution in [-0.2, 0) is 6.42 Å². The van der Waals surface area contributed by atoms with Crippen molar-refractivity contribution in [3.05, 3.63) is 41.0 Å². The van der Waals surface area contributed by atoms with Gasteiger partial charge in [0.15, 0.2) is 5.82 Å². The quantitative estimate of drug-likeness (QED) is 0.926. The van der Waals surface area contributed by atoms with E-state index in [2.05, 4.69) is 15.5 Å². The van der Waals surface area contributed by atoms with Crippen LogP contribution >= 0.6 is 11.6 Å². The first-order chi connectivity index (χ1) is 11.1. The fourth-order valence-corrected chi connectivity index (χ4v) is 3.09. The molecule has 1 aliphatic heterocycles. The number of amides is 2. The van der Waals surface area contributed by atoms with Crippen molar-refractivity contribution in [1.29, 1.82) is 0 Å². The van der Waals surface area contributed by atoms with Crippen LogP contribution in [0, 0.1) is 6.92 Å². The number of carbonyl (C=O) groups excluding carboxylic acids is 1. The molecule has 122 valence electrons. The molecule has 0 saturated carbocycles. The van der Waals surface area contributed by atoms with E-state index in [1.54, 1.807) is 19.1 Å². The molecule has 3 rings (SSSR count). The molecule has 1 fully saturated rings. The second-order valence-corrected chi connectivity index (χ2v) is 6.13. The molecule has 0 aliphatic carbocycles. The van der Waals surface area contributed by atoms with E-state index in [0.717, 1.165) is 25.8 Å². The normalized spacial score (nSPS) is 17.5. The Hall–Kier alpha value is -2.08. The van der Waals surface area contributed by atoms with Gasteiger partial charge in [0, 0.05) is 36.6 Å². The van der Waals surface area contributed by atoms with Gasteiger partial charge in [-0.15, -0.1) is 0 Å². The van der Waals surface area contributed by atoms with E-state index < -0.39 is 0 Å². The number of halogens is 1. The Morgan fingerprint density at radius 3 is 3.13 bits per heavy atom. The van der Waals surface area contributed by atoms with Gasteiger partial charge in [0.05, 0.1) is 0 Å². The number of anilines is 1. The molecule has 23 heavy (non-hydrogen) atoms. The third-order valence-corrected chi connectivity index (χ3v) is 4.22. The molecule has 2 amide bonds. The highest BCUT2D eigenvalue weighted by atomic mass is 35.5. The van der Waals surface area contributed by atoms with Gasteiger partial charge in [-0.2, -0.15) is 4.98 Å². The van der Waals surface area contributed by atoms with E-state index in [-0.39, 0.29) is 12.1 Å². The summed E-state index contributed by atoms with van der Waals surface area (Å²) >= 11 is 5.95. The molecule has 6 nitrogen and oxygen atoms in total. The first-order valence-corrected chi connectivity index (χ1v) is 8.12. The number of carbonyl (C=O) groups is 1. The molecule has 1 aromatic carbocycles. The molecular weight excluding hydrogens is 316 g/mol. The number of aromatic nitrogens is 2. The molecule has 2 aromatic rings. The van der Waals surface area contributed by atoms with Crippen molar-refractivity contribution in [2.75, 3.05) is 11.9 Å². The van der Waals surface area contributed by atoms with Crippen LogP contribution in [0.15, 0.2) is 28.8 Å². The van der Waals surface area contributed by atoms with Crippen LogP contribution in [0.3, 0.4) is 0 Å². The fraction of sp³-hybridized carbons (Fsp3) is 0.438. The smallest absolute Gasteiger partial charge is 0.322 e. The van der Waals surface area contributed by atoms with Gasteiger partial charge in [-0.3, -0.25) is 0 Å². The van der Waals surface area contributed by atoms with Crippen molar-refractivity contribution < 1.29 is 9.32 Å². The molecule has 0 radical (unpaired) electrons. The van der Waals surface area contributed by atoms with Gasteiger partial charge >= 0.3 is 6.03 Å². The third kappa shape index (κ3) is 4.01. The van der Waals surface area contributed by atoms with E-state index in [1.807, 2.05) is 17.0 Å². The predicted molar refractivity (Wildman–Crippen MR) is 87.6 cm³/mol. The lowest BCUT2D eigenvalue weighted by Gasteiger charge is -2.24. The number of nitrogens with zero attached hydrogens (tertiary/aromatic N) is 3. The Morgan fingerprint density at radius 2 is 2.39 bits per heavy atom. The lowest BCUT2D eigenvalue weighted by atomic mass is 10.1. The maximum Gasteiger partial charge on any atom is 0.322 e. The Bertz CT molecular complexity index is 688. The minimum Gasteiger partial charge on any atom is -0.340 e. The number of hydrogen-bond donors (Lipinski definition) is 1. The summed E-state index contributed by atoms with van der Waals surface area (Å²) < 4.78 is 4.98. The summed E-state index contributed by atoms with van der Waals surface area (Å²) in [6, 6.07) is 7.29. The van der Waals surface area contributed by atoms with Crippen LogP contribution in [0.4, 0.5) is 10.5 Å². The van der Waals surface area contributed by atoms with E-state index in [1.165, 1.54) is 0 Å². The highest BCUT2D eigenvalue weighted by molar-refractivity contribution is 6.30. The van der Waals surface area contributed by atoms with Gasteiger partial charge in [0.1, 0.15) is 0 Å². The number of benzene rings is 1. The number of urea groups is 1. The molecule has 0 bridgehead atoms. The summed E-state index contributed by atoms with van der Waals surface area (Å²) in [5.41, 5.74) is 0.710. The first kappa shape index (κ1) is 15.8. The molecule has 1 aliphatic rings. The minimum absolute atomic E-state index is 0.0842. The highest BCUT2D eigenvalue weighted by Gasteiger charge is 2.28. The second kappa shape index (κ2) is 7.00. The molecule has 1 aromatic heterocycles. The van der Waals surface area contributed by atoms with Crippen LogP contribution in [0.25, 0.3) is 0 Å². The summed E-state index contributed by atoms with van der Waals surface area (Å²) in [4.78, 5) is 18.6. The standard InChI is InChI=1S/C16H19ClN4O2/c1-11-18-15(20-23-11)8-7-14-6-3-9-21(14)16(22)19-13-5-2-4-12(17)10-13/h2,4-5,10,14H,3,6-9H2,1H3,(H,19,22). The number of likely N-dealkylation sites (tertiary alicyclic amines) is 1. The largest absolute Gasteiger partial charge is 0.340 e. The Morgan fingerprint density at radius 1 is 1.52 bits per heavy atom. The molecular formula is C16H19ClN4O2. The van der Waals surface area contributed by atoms with Crippen molar-refractivity contribution in [2.24, 2.45) is 0 Å². The van der Waals surface area contributed by atoms with Gasteiger partial charge < -0.3 is 14.7 Å². The number of hydrogen-bond acceptors (Lipinski definition) is 4. The Balaban J connectivity index is 1.58. The lowest BCUT2D eigenvalue weighted by Crippen LogP contribution is -2.39. The van der Waals surface area contributed by atoms with Crippen molar-refractivity contribution in [3.8, 4) is 0 Å². The fourth-order valence-electron chi connectivity index (χ4n) is 2.90. The minimum atomic E-state index is -0.0842. The van der Waals surface area contributed by atoms with E-state index in [0.29, 0.717) is 28.8 Å². The average Bonchev–Trinajstić information content (AvgIpc) is 3.13. The van der Waals surface area contributed by atoms with E-state index >= 15 is 0 Å². The highest BCUT2D eigenvalue weighted by Crippen LogP contribution is 2.23. The van der Waals surface area contributed by atoms with Crippen LogP contribution in [-0.4, -0.2) is 33.7 Å². The summed E-state index contributed by atoms with van der Waals surface area (Å²) in [5, 5.41) is 7.42. The average molecular weight is 335 g/mol. The zero-order valence-electron chi connectivity index (χ0n) is 13.0. The molecule has 1 atom stereocenters. The van der Waals surface area contributed by atoms with Gasteiger partial charge in [-0.05, 0) is 37.5 Å². The SMILES string of the molecule is Cc1nc(CCC2CCCN2C(=O)Nc2cccc(Cl)c2)no1. The van der Waals surface area contributed by atoms with E-state index in [9.17, 15) is 4.79 Å². The topological polar surface area (TPSA) is 71.3 Å².